The van der Waals surface area contributed by atoms with E-state index in [4.69, 9.17) is 5.11 Å². The lowest BCUT2D eigenvalue weighted by atomic mass is 9.96. The van der Waals surface area contributed by atoms with Gasteiger partial charge < -0.3 is 10.1 Å². The highest BCUT2D eigenvalue weighted by molar-refractivity contribution is 5.90. The number of aromatic amines is 1. The van der Waals surface area contributed by atoms with E-state index in [9.17, 15) is 14.9 Å². The zero-order valence-electron chi connectivity index (χ0n) is 9.71. The van der Waals surface area contributed by atoms with Crippen LogP contribution in [0.2, 0.25) is 0 Å². The van der Waals surface area contributed by atoms with E-state index in [2.05, 4.69) is 4.98 Å². The van der Waals surface area contributed by atoms with Crippen molar-refractivity contribution in [2.75, 3.05) is 0 Å². The third kappa shape index (κ3) is 1.92. The van der Waals surface area contributed by atoms with Gasteiger partial charge >= 0.3 is 5.97 Å². The Bertz CT molecular complexity index is 618. The predicted octanol–water partition coefficient (Wildman–Crippen LogP) is 2.65. The maximum Gasteiger partial charge on any atom is 0.311 e. The molecule has 1 unspecified atom stereocenters. The van der Waals surface area contributed by atoms with Gasteiger partial charge in [-0.1, -0.05) is 6.92 Å². The van der Waals surface area contributed by atoms with Gasteiger partial charge in [-0.15, -0.1) is 0 Å². The maximum atomic E-state index is 11.1. The van der Waals surface area contributed by atoms with Crippen LogP contribution in [0.4, 0.5) is 5.69 Å². The number of nitro benzene ring substituents is 1. The molecule has 2 rings (SSSR count). The number of aromatic nitrogens is 1. The SMILES string of the molecule is CCC(C(=O)O)c1c[nH]c2cc([N+](=O)[O-])ccc12. The normalized spacial score (nSPS) is 12.5. The van der Waals surface area contributed by atoms with Crippen molar-refractivity contribution in [3.05, 3.63) is 40.1 Å². The van der Waals surface area contributed by atoms with Crippen LogP contribution in [0.25, 0.3) is 10.9 Å². The number of rotatable bonds is 4. The van der Waals surface area contributed by atoms with Gasteiger partial charge in [0.15, 0.2) is 0 Å². The van der Waals surface area contributed by atoms with Gasteiger partial charge in [0.25, 0.3) is 5.69 Å². The Kier molecular flexibility index (Phi) is 3.01. The van der Waals surface area contributed by atoms with Gasteiger partial charge in [-0.05, 0) is 18.1 Å². The molecular weight excluding hydrogens is 236 g/mol. The first-order valence-corrected chi connectivity index (χ1v) is 5.52. The molecule has 0 amide bonds. The number of hydrogen-bond donors (Lipinski definition) is 2. The first-order valence-electron chi connectivity index (χ1n) is 5.52. The minimum atomic E-state index is -0.892. The molecule has 6 heteroatoms. The zero-order chi connectivity index (χ0) is 13.3. The number of carboxylic acids is 1. The second-order valence-corrected chi connectivity index (χ2v) is 4.03. The van der Waals surface area contributed by atoms with E-state index in [0.29, 0.717) is 17.5 Å². The summed E-state index contributed by atoms with van der Waals surface area (Å²) >= 11 is 0. The largest absolute Gasteiger partial charge is 0.481 e. The monoisotopic (exact) mass is 248 g/mol. The van der Waals surface area contributed by atoms with Crippen molar-refractivity contribution in [3.8, 4) is 0 Å². The standard InChI is InChI=1S/C12H12N2O4/c1-2-8(12(15)16)10-6-13-11-5-7(14(17)18)3-4-9(10)11/h3-6,8,13H,2H2,1H3,(H,15,16). The van der Waals surface area contributed by atoms with Gasteiger partial charge in [-0.2, -0.15) is 0 Å². The molecule has 18 heavy (non-hydrogen) atoms. The molecule has 1 heterocycles. The molecule has 0 aliphatic carbocycles. The van der Waals surface area contributed by atoms with Crippen molar-refractivity contribution < 1.29 is 14.8 Å². The van der Waals surface area contributed by atoms with Crippen molar-refractivity contribution in [2.24, 2.45) is 0 Å². The number of nitro groups is 1. The van der Waals surface area contributed by atoms with Crippen molar-refractivity contribution in [2.45, 2.75) is 19.3 Å². The molecule has 2 N–H and O–H groups in total. The van der Waals surface area contributed by atoms with E-state index in [0.717, 1.165) is 5.39 Å². The fourth-order valence-electron chi connectivity index (χ4n) is 2.07. The lowest BCUT2D eigenvalue weighted by Crippen LogP contribution is -2.09. The van der Waals surface area contributed by atoms with Gasteiger partial charge in [-0.25, -0.2) is 0 Å². The highest BCUT2D eigenvalue weighted by Gasteiger charge is 2.21. The number of non-ortho nitro benzene ring substituents is 1. The number of H-pyrrole nitrogens is 1. The number of aliphatic carboxylic acids is 1. The van der Waals surface area contributed by atoms with Gasteiger partial charge in [0.2, 0.25) is 0 Å². The Labute approximate surface area is 102 Å². The Morgan fingerprint density at radius 2 is 2.28 bits per heavy atom. The van der Waals surface area contributed by atoms with Crippen LogP contribution < -0.4 is 0 Å². The number of nitrogens with zero attached hydrogens (tertiary/aromatic N) is 1. The number of benzene rings is 1. The smallest absolute Gasteiger partial charge is 0.311 e. The summed E-state index contributed by atoms with van der Waals surface area (Å²) in [7, 11) is 0. The molecule has 0 aliphatic rings. The summed E-state index contributed by atoms with van der Waals surface area (Å²) in [5.41, 5.74) is 1.23. The van der Waals surface area contributed by atoms with Crippen LogP contribution in [0.15, 0.2) is 24.4 Å². The number of carbonyl (C=O) groups is 1. The first-order chi connectivity index (χ1) is 8.54. The molecule has 0 aliphatic heterocycles. The molecule has 0 spiro atoms. The average Bonchev–Trinajstić information content (AvgIpc) is 2.73. The fourth-order valence-corrected chi connectivity index (χ4v) is 2.07. The number of fused-ring (bicyclic) bond motifs is 1. The van der Waals surface area contributed by atoms with E-state index < -0.39 is 16.8 Å². The summed E-state index contributed by atoms with van der Waals surface area (Å²) in [6, 6.07) is 4.38. The van der Waals surface area contributed by atoms with Crippen molar-refractivity contribution in [1.82, 2.24) is 4.98 Å². The summed E-state index contributed by atoms with van der Waals surface area (Å²) in [5.74, 6) is -1.49. The lowest BCUT2D eigenvalue weighted by molar-refractivity contribution is -0.384. The Balaban J connectivity index is 2.55. The van der Waals surface area contributed by atoms with Gasteiger partial charge in [0, 0.05) is 23.7 Å². The van der Waals surface area contributed by atoms with Crippen LogP contribution in [0.3, 0.4) is 0 Å². The third-order valence-corrected chi connectivity index (χ3v) is 2.99. The minimum Gasteiger partial charge on any atom is -0.481 e. The zero-order valence-corrected chi connectivity index (χ0v) is 9.71. The highest BCUT2D eigenvalue weighted by Crippen LogP contribution is 2.30. The minimum absolute atomic E-state index is 0.0146. The molecule has 0 bridgehead atoms. The van der Waals surface area contributed by atoms with E-state index in [1.165, 1.54) is 12.1 Å². The topological polar surface area (TPSA) is 96.2 Å². The molecule has 0 radical (unpaired) electrons. The molecule has 1 aromatic heterocycles. The summed E-state index contributed by atoms with van der Waals surface area (Å²) in [6.45, 7) is 1.79. The number of hydrogen-bond acceptors (Lipinski definition) is 3. The van der Waals surface area contributed by atoms with Crippen LogP contribution in [0.5, 0.6) is 0 Å². The molecule has 0 fully saturated rings. The van der Waals surface area contributed by atoms with Crippen LogP contribution in [0, 0.1) is 10.1 Å². The first kappa shape index (κ1) is 12.1. The second kappa shape index (κ2) is 4.48. The quantitative estimate of drug-likeness (QED) is 0.642. The fraction of sp³-hybridized carbons (Fsp3) is 0.250. The Morgan fingerprint density at radius 3 is 2.83 bits per heavy atom. The van der Waals surface area contributed by atoms with Gasteiger partial charge in [0.05, 0.1) is 16.4 Å². The van der Waals surface area contributed by atoms with Crippen LogP contribution >= 0.6 is 0 Å². The molecule has 1 aromatic carbocycles. The molecule has 0 saturated heterocycles. The summed E-state index contributed by atoms with van der Waals surface area (Å²) in [4.78, 5) is 24.2. The maximum absolute atomic E-state index is 11.1. The van der Waals surface area contributed by atoms with E-state index in [1.807, 2.05) is 0 Å². The summed E-state index contributed by atoms with van der Waals surface area (Å²) in [5, 5.41) is 20.5. The van der Waals surface area contributed by atoms with E-state index >= 15 is 0 Å². The molecule has 94 valence electrons. The van der Waals surface area contributed by atoms with Gasteiger partial charge in [0.1, 0.15) is 0 Å². The van der Waals surface area contributed by atoms with Crippen molar-refractivity contribution >= 4 is 22.6 Å². The van der Waals surface area contributed by atoms with Crippen LogP contribution in [-0.2, 0) is 4.79 Å². The molecule has 0 saturated carbocycles. The average molecular weight is 248 g/mol. The van der Waals surface area contributed by atoms with Crippen molar-refractivity contribution in [1.29, 1.82) is 0 Å². The third-order valence-electron chi connectivity index (χ3n) is 2.99. The van der Waals surface area contributed by atoms with E-state index in [1.54, 1.807) is 19.2 Å². The summed E-state index contributed by atoms with van der Waals surface area (Å²) in [6.07, 6.45) is 2.08. The molecule has 6 nitrogen and oxygen atoms in total. The molecular formula is C12H12N2O4. The highest BCUT2D eigenvalue weighted by atomic mass is 16.6. The number of nitrogens with one attached hydrogen (secondary N) is 1. The van der Waals surface area contributed by atoms with Crippen LogP contribution in [0.1, 0.15) is 24.8 Å². The Hall–Kier alpha value is -2.37. The number of carboxylic acid groups (broad SMARTS) is 1. The van der Waals surface area contributed by atoms with Crippen molar-refractivity contribution in [3.63, 3.8) is 0 Å². The second-order valence-electron chi connectivity index (χ2n) is 4.03. The van der Waals surface area contributed by atoms with Crippen LogP contribution in [-0.4, -0.2) is 21.0 Å². The van der Waals surface area contributed by atoms with E-state index in [-0.39, 0.29) is 5.69 Å². The van der Waals surface area contributed by atoms with Gasteiger partial charge in [-0.3, -0.25) is 14.9 Å². The Morgan fingerprint density at radius 1 is 1.56 bits per heavy atom. The molecule has 1 atom stereocenters. The molecule has 2 aromatic rings. The lowest BCUT2D eigenvalue weighted by Gasteiger charge is -2.07. The predicted molar refractivity (Wildman–Crippen MR) is 65.6 cm³/mol. The summed E-state index contributed by atoms with van der Waals surface area (Å²) < 4.78 is 0.